The van der Waals surface area contributed by atoms with Crippen molar-refractivity contribution in [3.8, 4) is 45.0 Å². The second-order valence-corrected chi connectivity index (χ2v) is 10.6. The van der Waals surface area contributed by atoms with E-state index in [1.54, 1.807) is 0 Å². The molecule has 8 rings (SSSR count). The van der Waals surface area contributed by atoms with Gasteiger partial charge in [0.15, 0.2) is 5.82 Å². The predicted molar refractivity (Wildman–Crippen MR) is 176 cm³/mol. The maximum absolute atomic E-state index is 5.38. The normalized spacial score (nSPS) is 11.3. The molecule has 1 aromatic heterocycles. The molecule has 0 spiro atoms. The van der Waals surface area contributed by atoms with Gasteiger partial charge in [0.05, 0.1) is 11.4 Å². The van der Waals surface area contributed by atoms with Crippen LogP contribution in [0.15, 0.2) is 158 Å². The molecule has 1 heterocycles. The molecule has 2 nitrogen and oxygen atoms in total. The van der Waals surface area contributed by atoms with Crippen molar-refractivity contribution in [3.63, 3.8) is 0 Å². The Kier molecular flexibility index (Phi) is 5.82. The van der Waals surface area contributed by atoms with Gasteiger partial charge in [0.25, 0.3) is 0 Å². The number of fused-ring (bicyclic) bond motifs is 4. The molecule has 0 atom stereocenters. The van der Waals surface area contributed by atoms with Gasteiger partial charge >= 0.3 is 0 Å². The van der Waals surface area contributed by atoms with Gasteiger partial charge in [-0.05, 0) is 50.2 Å². The van der Waals surface area contributed by atoms with E-state index in [4.69, 9.17) is 9.97 Å². The highest BCUT2D eigenvalue weighted by molar-refractivity contribution is 6.21. The highest BCUT2D eigenvalue weighted by atomic mass is 14.9. The average Bonchev–Trinajstić information content (AvgIpc) is 3.07. The zero-order valence-corrected chi connectivity index (χ0v) is 22.9. The molecular formula is C40H26N2. The van der Waals surface area contributed by atoms with E-state index in [0.29, 0.717) is 0 Å². The Bertz CT molecular complexity index is 2240. The van der Waals surface area contributed by atoms with Crippen LogP contribution in [-0.2, 0) is 0 Å². The van der Waals surface area contributed by atoms with Gasteiger partial charge in [0, 0.05) is 22.1 Å². The topological polar surface area (TPSA) is 25.8 Å². The number of nitrogens with zero attached hydrogens (tertiary/aromatic N) is 2. The van der Waals surface area contributed by atoms with Crippen LogP contribution in [0, 0.1) is 0 Å². The molecule has 0 amide bonds. The van der Waals surface area contributed by atoms with Crippen LogP contribution in [0.3, 0.4) is 0 Å². The molecular weight excluding hydrogens is 508 g/mol. The van der Waals surface area contributed by atoms with Crippen LogP contribution >= 0.6 is 0 Å². The van der Waals surface area contributed by atoms with Crippen LogP contribution in [0.1, 0.15) is 0 Å². The van der Waals surface area contributed by atoms with Crippen LogP contribution in [0.2, 0.25) is 0 Å². The lowest BCUT2D eigenvalue weighted by atomic mass is 9.92. The molecule has 0 aliphatic heterocycles. The molecule has 0 saturated heterocycles. The van der Waals surface area contributed by atoms with Crippen LogP contribution in [0.4, 0.5) is 0 Å². The monoisotopic (exact) mass is 534 g/mol. The van der Waals surface area contributed by atoms with Crippen LogP contribution in [-0.4, -0.2) is 9.97 Å². The third kappa shape index (κ3) is 4.13. The lowest BCUT2D eigenvalue weighted by Gasteiger charge is -2.16. The number of benzene rings is 7. The number of aromatic nitrogens is 2. The molecule has 0 unspecified atom stereocenters. The second-order valence-electron chi connectivity index (χ2n) is 10.6. The summed E-state index contributed by atoms with van der Waals surface area (Å²) < 4.78 is 0. The Morgan fingerprint density at radius 3 is 1.71 bits per heavy atom. The highest BCUT2D eigenvalue weighted by Crippen LogP contribution is 2.41. The van der Waals surface area contributed by atoms with E-state index in [1.807, 2.05) is 6.07 Å². The molecule has 2 heteroatoms. The molecule has 0 N–H and O–H groups in total. The molecule has 0 aliphatic rings. The fourth-order valence-electron chi connectivity index (χ4n) is 6.10. The van der Waals surface area contributed by atoms with Crippen molar-refractivity contribution in [1.29, 1.82) is 0 Å². The van der Waals surface area contributed by atoms with E-state index >= 15 is 0 Å². The first-order valence-electron chi connectivity index (χ1n) is 14.3. The number of hydrogen-bond acceptors (Lipinski definition) is 2. The Morgan fingerprint density at radius 1 is 0.357 bits per heavy atom. The lowest BCUT2D eigenvalue weighted by Crippen LogP contribution is -1.98. The number of hydrogen-bond donors (Lipinski definition) is 0. The number of rotatable bonds is 4. The van der Waals surface area contributed by atoms with Gasteiger partial charge in [0.1, 0.15) is 0 Å². The predicted octanol–water partition coefficient (Wildman–Crippen LogP) is 10.6. The minimum Gasteiger partial charge on any atom is -0.228 e. The molecule has 0 bridgehead atoms. The molecule has 7 aromatic carbocycles. The molecule has 0 saturated carbocycles. The lowest BCUT2D eigenvalue weighted by molar-refractivity contribution is 1.19. The minimum atomic E-state index is 0.729. The summed E-state index contributed by atoms with van der Waals surface area (Å²) in [6.45, 7) is 0. The summed E-state index contributed by atoms with van der Waals surface area (Å²) in [5.74, 6) is 0.729. The van der Waals surface area contributed by atoms with Crippen molar-refractivity contribution >= 4 is 32.3 Å². The zero-order chi connectivity index (χ0) is 27.9. The Balaban J connectivity index is 1.50. The first kappa shape index (κ1) is 24.2. The van der Waals surface area contributed by atoms with Gasteiger partial charge in [-0.1, -0.05) is 146 Å². The summed E-state index contributed by atoms with van der Waals surface area (Å²) in [7, 11) is 0. The zero-order valence-electron chi connectivity index (χ0n) is 22.9. The van der Waals surface area contributed by atoms with Gasteiger partial charge in [-0.3, -0.25) is 0 Å². The highest BCUT2D eigenvalue weighted by Gasteiger charge is 2.19. The fourth-order valence-corrected chi connectivity index (χ4v) is 6.10. The van der Waals surface area contributed by atoms with Crippen molar-refractivity contribution in [2.45, 2.75) is 0 Å². The molecule has 8 aromatic rings. The largest absolute Gasteiger partial charge is 0.228 e. The maximum atomic E-state index is 5.38. The standard InChI is InChI=1S/C40H26N2/c1-3-13-27(14-4-1)32-19-11-12-22-35(32)37-26-36(29-16-5-2-6-17-29)41-40(42-37)39-34-21-10-8-18-30(34)25-31-24-23-28-15-7-9-20-33(28)38(31)39/h1-26H. The van der Waals surface area contributed by atoms with Gasteiger partial charge in [-0.15, -0.1) is 0 Å². The fraction of sp³-hybridized carbons (Fsp3) is 0. The summed E-state index contributed by atoms with van der Waals surface area (Å²) in [6, 6.07) is 55.5. The molecule has 196 valence electrons. The summed E-state index contributed by atoms with van der Waals surface area (Å²) in [5.41, 5.74) is 7.33. The first-order chi connectivity index (χ1) is 20.8. The van der Waals surface area contributed by atoms with Crippen molar-refractivity contribution in [2.24, 2.45) is 0 Å². The van der Waals surface area contributed by atoms with E-state index in [9.17, 15) is 0 Å². The third-order valence-electron chi connectivity index (χ3n) is 8.06. The SMILES string of the molecule is c1ccc(-c2cc(-c3ccccc3-c3ccccc3)nc(-c3c4ccccc4cc4ccc5ccccc5c34)n2)cc1. The maximum Gasteiger partial charge on any atom is 0.161 e. The van der Waals surface area contributed by atoms with Crippen molar-refractivity contribution in [1.82, 2.24) is 9.97 Å². The van der Waals surface area contributed by atoms with E-state index in [1.165, 1.54) is 26.9 Å². The average molecular weight is 535 g/mol. The third-order valence-corrected chi connectivity index (χ3v) is 8.06. The van der Waals surface area contributed by atoms with Crippen LogP contribution in [0.5, 0.6) is 0 Å². The minimum absolute atomic E-state index is 0.729. The van der Waals surface area contributed by atoms with Crippen LogP contribution in [0.25, 0.3) is 77.3 Å². The van der Waals surface area contributed by atoms with Crippen molar-refractivity contribution in [3.05, 3.63) is 158 Å². The Hall–Kier alpha value is -5.60. The van der Waals surface area contributed by atoms with Gasteiger partial charge < -0.3 is 0 Å². The smallest absolute Gasteiger partial charge is 0.161 e. The summed E-state index contributed by atoms with van der Waals surface area (Å²) in [4.78, 5) is 10.7. The van der Waals surface area contributed by atoms with E-state index in [-0.39, 0.29) is 0 Å². The molecule has 42 heavy (non-hydrogen) atoms. The molecule has 0 fully saturated rings. The summed E-state index contributed by atoms with van der Waals surface area (Å²) >= 11 is 0. The first-order valence-corrected chi connectivity index (χ1v) is 14.3. The van der Waals surface area contributed by atoms with Gasteiger partial charge in [-0.25, -0.2) is 9.97 Å². The molecule has 0 radical (unpaired) electrons. The van der Waals surface area contributed by atoms with E-state index in [2.05, 4.69) is 152 Å². The van der Waals surface area contributed by atoms with E-state index in [0.717, 1.165) is 50.4 Å². The van der Waals surface area contributed by atoms with Gasteiger partial charge in [-0.2, -0.15) is 0 Å². The van der Waals surface area contributed by atoms with Gasteiger partial charge in [0.2, 0.25) is 0 Å². The summed E-state index contributed by atoms with van der Waals surface area (Å²) in [6.07, 6.45) is 0. The summed E-state index contributed by atoms with van der Waals surface area (Å²) in [5, 5.41) is 7.09. The van der Waals surface area contributed by atoms with Crippen LogP contribution < -0.4 is 0 Å². The van der Waals surface area contributed by atoms with Crippen molar-refractivity contribution in [2.75, 3.05) is 0 Å². The Morgan fingerprint density at radius 2 is 0.929 bits per heavy atom. The quantitative estimate of drug-likeness (QED) is 0.166. The Labute approximate surface area is 244 Å². The van der Waals surface area contributed by atoms with Crippen molar-refractivity contribution < 1.29 is 0 Å². The van der Waals surface area contributed by atoms with E-state index < -0.39 is 0 Å². The second kappa shape index (κ2) is 10.1. The molecule has 0 aliphatic carbocycles.